The zero-order chi connectivity index (χ0) is 12.0. The van der Waals surface area contributed by atoms with Gasteiger partial charge in [-0.25, -0.2) is 0 Å². The van der Waals surface area contributed by atoms with E-state index in [2.05, 4.69) is 5.32 Å². The second-order valence-electron chi connectivity index (χ2n) is 4.58. The molecule has 2 unspecified atom stereocenters. The van der Waals surface area contributed by atoms with E-state index in [1.807, 2.05) is 6.92 Å². The first-order valence-corrected chi connectivity index (χ1v) is 5.85. The van der Waals surface area contributed by atoms with Crippen molar-refractivity contribution >= 4 is 5.91 Å². The first-order chi connectivity index (χ1) is 7.57. The molecule has 16 heavy (non-hydrogen) atoms. The number of nitrogens with one attached hydrogen (secondary N) is 1. The van der Waals surface area contributed by atoms with E-state index in [0.29, 0.717) is 26.2 Å². The Bertz CT molecular complexity index is 227. The molecule has 1 rings (SSSR count). The van der Waals surface area contributed by atoms with Crippen molar-refractivity contribution in [3.05, 3.63) is 0 Å². The van der Waals surface area contributed by atoms with Crippen molar-refractivity contribution in [3.63, 3.8) is 0 Å². The number of hydrogen-bond acceptors (Lipinski definition) is 4. The molecule has 0 bridgehead atoms. The van der Waals surface area contributed by atoms with Crippen LogP contribution in [-0.4, -0.2) is 42.9 Å². The van der Waals surface area contributed by atoms with Gasteiger partial charge in [-0.05, 0) is 19.4 Å². The second-order valence-corrected chi connectivity index (χ2v) is 4.58. The van der Waals surface area contributed by atoms with E-state index >= 15 is 0 Å². The van der Waals surface area contributed by atoms with E-state index in [-0.39, 0.29) is 18.4 Å². The average Bonchev–Trinajstić information content (AvgIpc) is 2.70. The number of rotatable bonds is 6. The molecule has 0 aromatic heterocycles. The molecule has 0 saturated carbocycles. The van der Waals surface area contributed by atoms with Gasteiger partial charge in [-0.1, -0.05) is 6.92 Å². The van der Waals surface area contributed by atoms with Gasteiger partial charge in [0.15, 0.2) is 0 Å². The molecule has 0 radical (unpaired) electrons. The predicted octanol–water partition coefficient (Wildman–Crippen LogP) is -0.371. The molecule has 2 atom stereocenters. The third kappa shape index (κ3) is 4.08. The smallest absolute Gasteiger partial charge is 0.222 e. The lowest BCUT2D eigenvalue weighted by Gasteiger charge is -2.22. The summed E-state index contributed by atoms with van der Waals surface area (Å²) in [6.07, 6.45) is 2.23. The largest absolute Gasteiger partial charge is 0.386 e. The lowest BCUT2D eigenvalue weighted by molar-refractivity contribution is -0.126. The van der Waals surface area contributed by atoms with Crippen LogP contribution in [0.25, 0.3) is 0 Å². The molecule has 4 N–H and O–H groups in total. The number of aliphatic hydroxyl groups is 1. The van der Waals surface area contributed by atoms with Gasteiger partial charge >= 0.3 is 0 Å². The van der Waals surface area contributed by atoms with Gasteiger partial charge in [0, 0.05) is 25.5 Å². The minimum absolute atomic E-state index is 0.0197. The quantitative estimate of drug-likeness (QED) is 0.581. The van der Waals surface area contributed by atoms with Crippen LogP contribution < -0.4 is 11.1 Å². The van der Waals surface area contributed by atoms with E-state index in [1.54, 1.807) is 0 Å². The van der Waals surface area contributed by atoms with Crippen LogP contribution in [0.3, 0.4) is 0 Å². The Kier molecular flexibility index (Phi) is 5.18. The van der Waals surface area contributed by atoms with Gasteiger partial charge in [-0.2, -0.15) is 0 Å². The normalized spacial score (nSPS) is 26.7. The van der Waals surface area contributed by atoms with Crippen molar-refractivity contribution in [1.82, 2.24) is 5.32 Å². The molecule has 1 amide bonds. The van der Waals surface area contributed by atoms with Crippen LogP contribution in [0, 0.1) is 5.92 Å². The molecular formula is C11H22N2O3. The van der Waals surface area contributed by atoms with Crippen LogP contribution in [-0.2, 0) is 9.53 Å². The highest BCUT2D eigenvalue weighted by atomic mass is 16.5. The molecule has 0 aromatic carbocycles. The van der Waals surface area contributed by atoms with E-state index < -0.39 is 5.60 Å². The summed E-state index contributed by atoms with van der Waals surface area (Å²) < 4.78 is 5.10. The maximum absolute atomic E-state index is 11.6. The van der Waals surface area contributed by atoms with Crippen LogP contribution in [0.2, 0.25) is 0 Å². The van der Waals surface area contributed by atoms with E-state index in [9.17, 15) is 9.90 Å². The summed E-state index contributed by atoms with van der Waals surface area (Å²) in [6, 6.07) is 0. The fourth-order valence-electron chi connectivity index (χ4n) is 1.72. The van der Waals surface area contributed by atoms with Gasteiger partial charge in [0.2, 0.25) is 5.91 Å². The standard InChI is InChI=1S/C11H22N2O3/c1-9(3-2-5-12)10(14)13-7-11(15)4-6-16-8-11/h9,15H,2-8,12H2,1H3,(H,13,14). The number of amides is 1. The van der Waals surface area contributed by atoms with Crippen LogP contribution in [0.5, 0.6) is 0 Å². The summed E-state index contributed by atoms with van der Waals surface area (Å²) in [5.41, 5.74) is 4.51. The molecule has 0 aromatic rings. The van der Waals surface area contributed by atoms with Crippen LogP contribution in [0.1, 0.15) is 26.2 Å². The van der Waals surface area contributed by atoms with Gasteiger partial charge in [-0.15, -0.1) is 0 Å². The maximum atomic E-state index is 11.6. The number of carbonyl (C=O) groups is 1. The first-order valence-electron chi connectivity index (χ1n) is 5.85. The molecule has 5 heteroatoms. The van der Waals surface area contributed by atoms with Crippen LogP contribution in [0.4, 0.5) is 0 Å². The molecule has 0 spiro atoms. The minimum atomic E-state index is -0.872. The van der Waals surface area contributed by atoms with E-state index in [4.69, 9.17) is 10.5 Å². The highest BCUT2D eigenvalue weighted by Crippen LogP contribution is 2.17. The van der Waals surface area contributed by atoms with Gasteiger partial charge in [0.1, 0.15) is 5.60 Å². The molecule has 1 aliphatic heterocycles. The third-order valence-corrected chi connectivity index (χ3v) is 2.96. The van der Waals surface area contributed by atoms with Crippen LogP contribution in [0.15, 0.2) is 0 Å². The fourth-order valence-corrected chi connectivity index (χ4v) is 1.72. The Morgan fingerprint density at radius 1 is 1.69 bits per heavy atom. The number of hydrogen-bond donors (Lipinski definition) is 3. The summed E-state index contributed by atoms with van der Waals surface area (Å²) in [5, 5.41) is 12.7. The number of carbonyl (C=O) groups excluding carboxylic acids is 1. The maximum Gasteiger partial charge on any atom is 0.222 e. The average molecular weight is 230 g/mol. The summed E-state index contributed by atoms with van der Waals surface area (Å²) >= 11 is 0. The molecule has 1 heterocycles. The summed E-state index contributed by atoms with van der Waals surface area (Å²) in [6.45, 7) is 3.63. The van der Waals surface area contributed by atoms with E-state index in [0.717, 1.165) is 12.8 Å². The molecular weight excluding hydrogens is 208 g/mol. The summed E-state index contributed by atoms with van der Waals surface area (Å²) in [4.78, 5) is 11.6. The van der Waals surface area contributed by atoms with Gasteiger partial charge < -0.3 is 20.9 Å². The monoisotopic (exact) mass is 230 g/mol. The van der Waals surface area contributed by atoms with Gasteiger partial charge in [-0.3, -0.25) is 4.79 Å². The van der Waals surface area contributed by atoms with Crippen molar-refractivity contribution in [2.24, 2.45) is 11.7 Å². The lowest BCUT2D eigenvalue weighted by Crippen LogP contribution is -2.44. The fraction of sp³-hybridized carbons (Fsp3) is 0.909. The number of ether oxygens (including phenoxy) is 1. The van der Waals surface area contributed by atoms with Crippen molar-refractivity contribution in [1.29, 1.82) is 0 Å². The number of nitrogens with two attached hydrogens (primary N) is 1. The Balaban J connectivity index is 2.23. The SMILES string of the molecule is CC(CCCN)C(=O)NCC1(O)CCOC1. The highest BCUT2D eigenvalue weighted by Gasteiger charge is 2.32. The molecule has 1 fully saturated rings. The van der Waals surface area contributed by atoms with Gasteiger partial charge in [0.05, 0.1) is 6.61 Å². The minimum Gasteiger partial charge on any atom is -0.386 e. The van der Waals surface area contributed by atoms with Crippen molar-refractivity contribution in [3.8, 4) is 0 Å². The molecule has 5 nitrogen and oxygen atoms in total. The Morgan fingerprint density at radius 3 is 3.00 bits per heavy atom. The molecule has 1 aliphatic rings. The highest BCUT2D eigenvalue weighted by molar-refractivity contribution is 5.78. The van der Waals surface area contributed by atoms with Crippen molar-refractivity contribution in [2.45, 2.75) is 31.8 Å². The lowest BCUT2D eigenvalue weighted by atomic mass is 10.0. The van der Waals surface area contributed by atoms with Crippen molar-refractivity contribution in [2.75, 3.05) is 26.3 Å². The zero-order valence-electron chi connectivity index (χ0n) is 9.87. The summed E-state index contributed by atoms with van der Waals surface area (Å²) in [5.74, 6) is -0.0664. The second kappa shape index (κ2) is 6.18. The Morgan fingerprint density at radius 2 is 2.44 bits per heavy atom. The molecule has 0 aliphatic carbocycles. The van der Waals surface area contributed by atoms with Crippen molar-refractivity contribution < 1.29 is 14.6 Å². The van der Waals surface area contributed by atoms with E-state index in [1.165, 1.54) is 0 Å². The zero-order valence-corrected chi connectivity index (χ0v) is 9.87. The van der Waals surface area contributed by atoms with Crippen LogP contribution >= 0.6 is 0 Å². The molecule has 94 valence electrons. The Labute approximate surface area is 96.3 Å². The molecule has 1 saturated heterocycles. The summed E-state index contributed by atoms with van der Waals surface area (Å²) in [7, 11) is 0. The van der Waals surface area contributed by atoms with Gasteiger partial charge in [0.25, 0.3) is 0 Å². The topological polar surface area (TPSA) is 84.6 Å². The first kappa shape index (κ1) is 13.4. The third-order valence-electron chi connectivity index (χ3n) is 2.96. The Hall–Kier alpha value is -0.650. The predicted molar refractivity (Wildman–Crippen MR) is 60.8 cm³/mol.